The average molecular weight is 295 g/mol. The van der Waals surface area contributed by atoms with Crippen LogP contribution in [0.4, 0.5) is 0 Å². The lowest BCUT2D eigenvalue weighted by Gasteiger charge is -2.02. The number of rotatable bonds is 2. The Morgan fingerprint density at radius 2 is 1.39 bits per heavy atom. The second-order valence-electron chi connectivity index (χ2n) is 5.42. The molecule has 4 aromatic rings. The van der Waals surface area contributed by atoms with Crippen molar-refractivity contribution in [1.82, 2.24) is 0 Å². The van der Waals surface area contributed by atoms with E-state index < -0.39 is 0 Å². The number of nitriles is 1. The largest absolute Gasteiger partial charge is 0.456 e. The van der Waals surface area contributed by atoms with Crippen molar-refractivity contribution in [2.45, 2.75) is 0 Å². The Bertz CT molecular complexity index is 1010. The minimum Gasteiger partial charge on any atom is -0.456 e. The third-order valence-corrected chi connectivity index (χ3v) is 3.92. The van der Waals surface area contributed by atoms with Gasteiger partial charge in [0, 0.05) is 10.9 Å². The highest BCUT2D eigenvalue weighted by Crippen LogP contribution is 2.30. The SMILES string of the molecule is N#Cc1ccc2oc(-c3ccc(-c4ccccc4)cc3)cc2c1. The van der Waals surface area contributed by atoms with Crippen LogP contribution in [-0.2, 0) is 0 Å². The Labute approximate surface area is 134 Å². The van der Waals surface area contributed by atoms with Crippen LogP contribution in [0.5, 0.6) is 0 Å². The highest BCUT2D eigenvalue weighted by molar-refractivity contribution is 5.84. The summed E-state index contributed by atoms with van der Waals surface area (Å²) in [5, 5.41) is 9.93. The maximum atomic E-state index is 8.98. The van der Waals surface area contributed by atoms with Crippen LogP contribution in [0.1, 0.15) is 5.56 Å². The number of fused-ring (bicyclic) bond motifs is 1. The average Bonchev–Trinajstić information content (AvgIpc) is 3.05. The zero-order chi connectivity index (χ0) is 15.6. The summed E-state index contributed by atoms with van der Waals surface area (Å²) in [6, 6.07) is 28.2. The van der Waals surface area contributed by atoms with Gasteiger partial charge in [0.1, 0.15) is 11.3 Å². The molecule has 0 unspecified atom stereocenters. The molecule has 0 aliphatic heterocycles. The topological polar surface area (TPSA) is 36.9 Å². The predicted octanol–water partition coefficient (Wildman–Crippen LogP) is 5.64. The molecule has 108 valence electrons. The van der Waals surface area contributed by atoms with E-state index in [1.807, 2.05) is 36.4 Å². The van der Waals surface area contributed by atoms with Crippen LogP contribution in [0.2, 0.25) is 0 Å². The molecule has 0 fully saturated rings. The van der Waals surface area contributed by atoms with E-state index in [0.717, 1.165) is 22.3 Å². The number of nitrogens with zero attached hydrogens (tertiary/aromatic N) is 1. The monoisotopic (exact) mass is 295 g/mol. The lowest BCUT2D eigenvalue weighted by Crippen LogP contribution is -1.78. The van der Waals surface area contributed by atoms with Crippen LogP contribution in [0.3, 0.4) is 0 Å². The summed E-state index contributed by atoms with van der Waals surface area (Å²) in [7, 11) is 0. The predicted molar refractivity (Wildman–Crippen MR) is 91.8 cm³/mol. The van der Waals surface area contributed by atoms with Crippen molar-refractivity contribution in [2.75, 3.05) is 0 Å². The second kappa shape index (κ2) is 5.47. The van der Waals surface area contributed by atoms with Gasteiger partial charge in [0.2, 0.25) is 0 Å². The highest BCUT2D eigenvalue weighted by Gasteiger charge is 2.07. The molecule has 0 aliphatic rings. The van der Waals surface area contributed by atoms with Gasteiger partial charge in [-0.15, -0.1) is 0 Å². The molecule has 0 N–H and O–H groups in total. The van der Waals surface area contributed by atoms with Gasteiger partial charge in [-0.25, -0.2) is 0 Å². The van der Waals surface area contributed by atoms with E-state index in [1.165, 1.54) is 11.1 Å². The Morgan fingerprint density at radius 3 is 2.13 bits per heavy atom. The fraction of sp³-hybridized carbons (Fsp3) is 0. The van der Waals surface area contributed by atoms with Crippen LogP contribution < -0.4 is 0 Å². The van der Waals surface area contributed by atoms with Crippen LogP contribution in [0.25, 0.3) is 33.4 Å². The van der Waals surface area contributed by atoms with Crippen LogP contribution in [-0.4, -0.2) is 0 Å². The summed E-state index contributed by atoms with van der Waals surface area (Å²) >= 11 is 0. The first kappa shape index (κ1) is 13.4. The molecule has 1 aromatic heterocycles. The van der Waals surface area contributed by atoms with E-state index in [0.29, 0.717) is 5.56 Å². The Kier molecular flexibility index (Phi) is 3.18. The molecule has 0 atom stereocenters. The van der Waals surface area contributed by atoms with Gasteiger partial charge in [0.25, 0.3) is 0 Å². The van der Waals surface area contributed by atoms with Crippen molar-refractivity contribution in [1.29, 1.82) is 5.26 Å². The number of benzene rings is 3. The minimum absolute atomic E-state index is 0.643. The van der Waals surface area contributed by atoms with Crippen molar-refractivity contribution in [3.05, 3.63) is 84.4 Å². The maximum Gasteiger partial charge on any atom is 0.135 e. The fourth-order valence-corrected chi connectivity index (χ4v) is 2.71. The second-order valence-corrected chi connectivity index (χ2v) is 5.42. The molecule has 23 heavy (non-hydrogen) atoms. The summed E-state index contributed by atoms with van der Waals surface area (Å²) in [4.78, 5) is 0. The first-order valence-corrected chi connectivity index (χ1v) is 7.43. The Balaban J connectivity index is 1.72. The number of hydrogen-bond donors (Lipinski definition) is 0. The minimum atomic E-state index is 0.643. The third kappa shape index (κ3) is 2.49. The quantitative estimate of drug-likeness (QED) is 0.480. The molecule has 4 rings (SSSR count). The Hall–Kier alpha value is -3.31. The molecule has 0 bridgehead atoms. The van der Waals surface area contributed by atoms with Gasteiger partial charge in [-0.1, -0.05) is 54.6 Å². The molecule has 0 amide bonds. The summed E-state index contributed by atoms with van der Waals surface area (Å²) < 4.78 is 5.89. The van der Waals surface area contributed by atoms with E-state index in [4.69, 9.17) is 9.68 Å². The summed E-state index contributed by atoms with van der Waals surface area (Å²) in [6.45, 7) is 0. The lowest BCUT2D eigenvalue weighted by molar-refractivity contribution is 0.631. The number of furan rings is 1. The number of hydrogen-bond acceptors (Lipinski definition) is 2. The first-order chi connectivity index (χ1) is 11.3. The fourth-order valence-electron chi connectivity index (χ4n) is 2.71. The van der Waals surface area contributed by atoms with Gasteiger partial charge in [-0.3, -0.25) is 0 Å². The van der Waals surface area contributed by atoms with E-state index in [2.05, 4.69) is 42.5 Å². The van der Waals surface area contributed by atoms with E-state index in [1.54, 1.807) is 6.07 Å². The lowest BCUT2D eigenvalue weighted by atomic mass is 10.0. The molecular weight excluding hydrogens is 282 g/mol. The molecule has 0 saturated carbocycles. The highest BCUT2D eigenvalue weighted by atomic mass is 16.3. The van der Waals surface area contributed by atoms with Gasteiger partial charge in [0.05, 0.1) is 11.6 Å². The molecular formula is C21H13NO. The zero-order valence-corrected chi connectivity index (χ0v) is 12.4. The van der Waals surface area contributed by atoms with Crippen molar-refractivity contribution < 1.29 is 4.42 Å². The maximum absolute atomic E-state index is 8.98. The van der Waals surface area contributed by atoms with Gasteiger partial charge in [-0.2, -0.15) is 5.26 Å². The van der Waals surface area contributed by atoms with Crippen LogP contribution in [0.15, 0.2) is 83.3 Å². The summed E-state index contributed by atoms with van der Waals surface area (Å²) in [5.41, 5.74) is 4.84. The van der Waals surface area contributed by atoms with Gasteiger partial charge >= 0.3 is 0 Å². The van der Waals surface area contributed by atoms with Crippen molar-refractivity contribution in [2.24, 2.45) is 0 Å². The third-order valence-electron chi connectivity index (χ3n) is 3.92. The summed E-state index contributed by atoms with van der Waals surface area (Å²) in [6.07, 6.45) is 0. The van der Waals surface area contributed by atoms with E-state index in [9.17, 15) is 0 Å². The molecule has 0 saturated heterocycles. The van der Waals surface area contributed by atoms with Crippen LogP contribution >= 0.6 is 0 Å². The van der Waals surface area contributed by atoms with Crippen molar-refractivity contribution in [3.8, 4) is 28.5 Å². The molecule has 2 heteroatoms. The van der Waals surface area contributed by atoms with E-state index in [-0.39, 0.29) is 0 Å². The molecule has 3 aromatic carbocycles. The van der Waals surface area contributed by atoms with Gasteiger partial charge < -0.3 is 4.42 Å². The van der Waals surface area contributed by atoms with Crippen molar-refractivity contribution >= 4 is 11.0 Å². The molecule has 0 spiro atoms. The molecule has 0 radical (unpaired) electrons. The first-order valence-electron chi connectivity index (χ1n) is 7.43. The molecule has 0 aliphatic carbocycles. The molecule has 2 nitrogen and oxygen atoms in total. The van der Waals surface area contributed by atoms with Crippen molar-refractivity contribution in [3.63, 3.8) is 0 Å². The summed E-state index contributed by atoms with van der Waals surface area (Å²) in [5.74, 6) is 0.815. The zero-order valence-electron chi connectivity index (χ0n) is 12.4. The standard InChI is InChI=1S/C21H13NO/c22-14-15-6-11-20-19(12-15)13-21(23-20)18-9-7-17(8-10-18)16-4-2-1-3-5-16/h1-13H. The van der Waals surface area contributed by atoms with Gasteiger partial charge in [-0.05, 0) is 35.4 Å². The Morgan fingerprint density at radius 1 is 0.696 bits per heavy atom. The molecule has 1 heterocycles. The van der Waals surface area contributed by atoms with Crippen LogP contribution in [0, 0.1) is 11.3 Å². The van der Waals surface area contributed by atoms with E-state index >= 15 is 0 Å². The smallest absolute Gasteiger partial charge is 0.135 e. The normalized spacial score (nSPS) is 10.6. The van der Waals surface area contributed by atoms with Gasteiger partial charge in [0.15, 0.2) is 0 Å².